The molecule has 6 nitrogen and oxygen atoms in total. The molecule has 28 heavy (non-hydrogen) atoms. The van der Waals surface area contributed by atoms with E-state index < -0.39 is 6.03 Å². The molecule has 2 N–H and O–H groups in total. The van der Waals surface area contributed by atoms with Gasteiger partial charge in [-0.1, -0.05) is 61.7 Å². The van der Waals surface area contributed by atoms with Crippen molar-refractivity contribution in [1.82, 2.24) is 15.0 Å². The summed E-state index contributed by atoms with van der Waals surface area (Å²) in [5, 5.41) is 3.32. The fraction of sp³-hybridized carbons (Fsp3) is 0.318. The van der Waals surface area contributed by atoms with E-state index in [9.17, 15) is 9.59 Å². The first-order valence-electron chi connectivity index (χ1n) is 9.83. The molecule has 1 aliphatic carbocycles. The van der Waals surface area contributed by atoms with Gasteiger partial charge < -0.3 is 5.32 Å². The number of aromatic nitrogens is 2. The molecule has 0 aliphatic heterocycles. The summed E-state index contributed by atoms with van der Waals surface area (Å²) in [4.78, 5) is 30.3. The monoisotopic (exact) mass is 376 g/mol. The molecule has 1 saturated carbocycles. The highest BCUT2D eigenvalue weighted by molar-refractivity contribution is 5.83. The van der Waals surface area contributed by atoms with Crippen LogP contribution in [0.25, 0.3) is 10.9 Å². The summed E-state index contributed by atoms with van der Waals surface area (Å²) in [6, 6.07) is 16.5. The minimum Gasteiger partial charge on any atom is -0.333 e. The molecule has 3 aromatic rings. The number of urea groups is 1. The summed E-state index contributed by atoms with van der Waals surface area (Å²) < 4.78 is 1.35. The fourth-order valence-corrected chi connectivity index (χ4v) is 3.81. The van der Waals surface area contributed by atoms with E-state index in [-0.39, 0.29) is 11.5 Å². The van der Waals surface area contributed by atoms with Crippen molar-refractivity contribution in [1.29, 1.82) is 0 Å². The Kier molecular flexibility index (Phi) is 5.37. The summed E-state index contributed by atoms with van der Waals surface area (Å²) in [5.41, 5.74) is 4.17. The van der Waals surface area contributed by atoms with Gasteiger partial charge in [0.05, 0.1) is 10.9 Å². The molecule has 0 atom stereocenters. The topological polar surface area (TPSA) is 76.0 Å². The average molecular weight is 376 g/mol. The molecule has 1 fully saturated rings. The number of hydrogen-bond donors (Lipinski definition) is 2. The zero-order chi connectivity index (χ0) is 19.3. The molecule has 0 bridgehead atoms. The van der Waals surface area contributed by atoms with E-state index in [0.717, 1.165) is 31.2 Å². The number of amides is 2. The van der Waals surface area contributed by atoms with Crippen LogP contribution in [0.4, 0.5) is 4.79 Å². The first-order valence-corrected chi connectivity index (χ1v) is 9.83. The van der Waals surface area contributed by atoms with Crippen LogP contribution in [0.15, 0.2) is 59.4 Å². The lowest BCUT2D eigenvalue weighted by atomic mass is 9.88. The Morgan fingerprint density at radius 3 is 2.50 bits per heavy atom. The smallest absolute Gasteiger partial charge is 0.333 e. The van der Waals surface area contributed by atoms with Gasteiger partial charge in [0.1, 0.15) is 5.82 Å². The lowest BCUT2D eigenvalue weighted by molar-refractivity contribution is 0.248. The van der Waals surface area contributed by atoms with Crippen molar-refractivity contribution in [2.24, 2.45) is 0 Å². The molecule has 2 aromatic carbocycles. The second-order valence-corrected chi connectivity index (χ2v) is 7.24. The normalized spacial score (nSPS) is 14.7. The lowest BCUT2D eigenvalue weighted by Gasteiger charge is -2.24. The largest absolute Gasteiger partial charge is 0.334 e. The number of nitrogens with zero attached hydrogens (tertiary/aromatic N) is 2. The molecular weight excluding hydrogens is 352 g/mol. The van der Waals surface area contributed by atoms with E-state index in [4.69, 9.17) is 4.98 Å². The van der Waals surface area contributed by atoms with Gasteiger partial charge in [-0.05, 0) is 30.5 Å². The van der Waals surface area contributed by atoms with Crippen molar-refractivity contribution >= 4 is 16.9 Å². The SMILES string of the molecule is O=C(NCc1ccccc1)Nn1c(C2CCCCC2)nc2ccccc2c1=O. The molecule has 4 rings (SSSR count). The molecule has 0 unspecified atom stereocenters. The fourth-order valence-electron chi connectivity index (χ4n) is 3.81. The van der Waals surface area contributed by atoms with Crippen LogP contribution in [-0.2, 0) is 6.54 Å². The first-order chi connectivity index (χ1) is 13.7. The Hall–Kier alpha value is -3.15. The third-order valence-electron chi connectivity index (χ3n) is 5.28. The molecule has 1 aromatic heterocycles. The minimum absolute atomic E-state index is 0.181. The number of rotatable bonds is 4. The highest BCUT2D eigenvalue weighted by Crippen LogP contribution is 2.31. The number of carbonyl (C=O) groups is 1. The second kappa shape index (κ2) is 8.25. The van der Waals surface area contributed by atoms with E-state index in [0.29, 0.717) is 23.3 Å². The van der Waals surface area contributed by atoms with Crippen molar-refractivity contribution in [3.05, 3.63) is 76.3 Å². The van der Waals surface area contributed by atoms with Gasteiger partial charge in [-0.3, -0.25) is 4.79 Å². The Morgan fingerprint density at radius 2 is 1.71 bits per heavy atom. The van der Waals surface area contributed by atoms with Crippen molar-refractivity contribution in [2.75, 3.05) is 5.43 Å². The maximum atomic E-state index is 13.1. The van der Waals surface area contributed by atoms with Gasteiger partial charge >= 0.3 is 6.03 Å². The number of nitrogens with one attached hydrogen (secondary N) is 2. The van der Waals surface area contributed by atoms with E-state index >= 15 is 0 Å². The summed E-state index contributed by atoms with van der Waals surface area (Å²) in [6.07, 6.45) is 5.41. The van der Waals surface area contributed by atoms with Gasteiger partial charge in [0.2, 0.25) is 0 Å². The summed E-state index contributed by atoms with van der Waals surface area (Å²) in [5.74, 6) is 0.832. The van der Waals surface area contributed by atoms with Gasteiger partial charge in [0, 0.05) is 12.5 Å². The maximum absolute atomic E-state index is 13.1. The Morgan fingerprint density at radius 1 is 1.00 bits per heavy atom. The van der Waals surface area contributed by atoms with Crippen LogP contribution >= 0.6 is 0 Å². The molecule has 2 amide bonds. The molecule has 144 valence electrons. The quantitative estimate of drug-likeness (QED) is 0.725. The molecule has 0 radical (unpaired) electrons. The molecule has 0 saturated heterocycles. The average Bonchev–Trinajstić information content (AvgIpc) is 2.75. The zero-order valence-electron chi connectivity index (χ0n) is 15.7. The van der Waals surface area contributed by atoms with Crippen LogP contribution in [0.5, 0.6) is 0 Å². The number of fused-ring (bicyclic) bond motifs is 1. The van der Waals surface area contributed by atoms with Crippen LogP contribution in [0.2, 0.25) is 0 Å². The number of hydrogen-bond acceptors (Lipinski definition) is 3. The molecule has 0 spiro atoms. The van der Waals surface area contributed by atoms with Crippen LogP contribution in [-0.4, -0.2) is 15.7 Å². The van der Waals surface area contributed by atoms with E-state index in [1.807, 2.05) is 48.5 Å². The van der Waals surface area contributed by atoms with Crippen LogP contribution in [0.3, 0.4) is 0 Å². The van der Waals surface area contributed by atoms with Crippen LogP contribution < -0.4 is 16.3 Å². The molecule has 1 aliphatic rings. The van der Waals surface area contributed by atoms with Gasteiger partial charge in [-0.15, -0.1) is 0 Å². The highest BCUT2D eigenvalue weighted by Gasteiger charge is 2.23. The minimum atomic E-state index is -0.417. The van der Waals surface area contributed by atoms with Crippen LogP contribution in [0.1, 0.15) is 49.4 Å². The number of carbonyl (C=O) groups excluding carboxylic acids is 1. The van der Waals surface area contributed by atoms with Gasteiger partial charge in [0.25, 0.3) is 5.56 Å². The summed E-state index contributed by atoms with van der Waals surface area (Å²) in [6.45, 7) is 0.390. The Bertz CT molecular complexity index is 1020. The van der Waals surface area contributed by atoms with E-state index in [1.54, 1.807) is 6.07 Å². The van der Waals surface area contributed by atoms with Crippen molar-refractivity contribution in [3.8, 4) is 0 Å². The van der Waals surface area contributed by atoms with Crippen molar-refractivity contribution in [2.45, 2.75) is 44.6 Å². The predicted octanol–water partition coefficient (Wildman–Crippen LogP) is 3.90. The van der Waals surface area contributed by atoms with Gasteiger partial charge in [0.15, 0.2) is 0 Å². The zero-order valence-corrected chi connectivity index (χ0v) is 15.7. The first kappa shape index (κ1) is 18.2. The summed E-state index contributed by atoms with van der Waals surface area (Å²) in [7, 11) is 0. The van der Waals surface area contributed by atoms with E-state index in [1.165, 1.54) is 11.1 Å². The van der Waals surface area contributed by atoms with Gasteiger partial charge in [-0.25, -0.2) is 19.9 Å². The van der Waals surface area contributed by atoms with Gasteiger partial charge in [-0.2, -0.15) is 0 Å². The third-order valence-corrected chi connectivity index (χ3v) is 5.28. The second-order valence-electron chi connectivity index (χ2n) is 7.24. The molecular formula is C22H24N4O2. The number of benzene rings is 2. The third kappa shape index (κ3) is 3.91. The Labute approximate surface area is 163 Å². The van der Waals surface area contributed by atoms with Crippen molar-refractivity contribution in [3.63, 3.8) is 0 Å². The Balaban J connectivity index is 1.63. The predicted molar refractivity (Wildman–Crippen MR) is 110 cm³/mol. The summed E-state index contributed by atoms with van der Waals surface area (Å²) >= 11 is 0. The molecule has 1 heterocycles. The lowest BCUT2D eigenvalue weighted by Crippen LogP contribution is -2.42. The van der Waals surface area contributed by atoms with E-state index in [2.05, 4.69) is 10.7 Å². The maximum Gasteiger partial charge on any atom is 0.334 e. The van der Waals surface area contributed by atoms with Crippen molar-refractivity contribution < 1.29 is 4.79 Å². The standard InChI is InChI=1S/C22H24N4O2/c27-21-18-13-7-8-14-19(18)24-20(17-11-5-2-6-12-17)26(21)25-22(28)23-15-16-9-3-1-4-10-16/h1,3-4,7-10,13-14,17H,2,5-6,11-12,15H2,(H2,23,25,28). The van der Waals surface area contributed by atoms with Crippen LogP contribution in [0, 0.1) is 0 Å². The highest BCUT2D eigenvalue weighted by atomic mass is 16.2. The number of para-hydroxylation sites is 1. The molecule has 6 heteroatoms.